The molecule has 1 atom stereocenters. The molecule has 0 bridgehead atoms. The minimum atomic E-state index is -5.50. The Morgan fingerprint density at radius 3 is 2.16 bits per heavy atom. The van der Waals surface area contributed by atoms with Gasteiger partial charge in [-0.15, -0.1) is 0 Å². The minimum Gasteiger partial charge on any atom is -0.463 e. The average molecular weight is 372 g/mol. The van der Waals surface area contributed by atoms with Gasteiger partial charge in [0.05, 0.1) is 12.3 Å². The summed E-state index contributed by atoms with van der Waals surface area (Å²) in [5.41, 5.74) is -5.08. The first-order valence-electron chi connectivity index (χ1n) is 6.96. The predicted octanol–water partition coefficient (Wildman–Crippen LogP) is 2.86. The van der Waals surface area contributed by atoms with Crippen LogP contribution in [0, 0.1) is 17.5 Å². The lowest BCUT2D eigenvalue weighted by Crippen LogP contribution is -2.69. The highest BCUT2D eigenvalue weighted by Gasteiger charge is 2.63. The summed E-state index contributed by atoms with van der Waals surface area (Å²) < 4.78 is 85.0. The number of amides is 1. The van der Waals surface area contributed by atoms with Crippen LogP contribution in [0.25, 0.3) is 0 Å². The van der Waals surface area contributed by atoms with Crippen molar-refractivity contribution in [2.24, 2.45) is 0 Å². The Kier molecular flexibility index (Phi) is 6.27. The molecule has 0 radical (unpaired) electrons. The third-order valence-corrected chi connectivity index (χ3v) is 3.01. The molecule has 25 heavy (non-hydrogen) atoms. The maximum atomic E-state index is 13.7. The average Bonchev–Trinajstić information content (AvgIpc) is 2.53. The van der Waals surface area contributed by atoms with Crippen LogP contribution >= 0.6 is 0 Å². The third kappa shape index (κ3) is 4.15. The summed E-state index contributed by atoms with van der Waals surface area (Å²) in [6.45, 7) is 1.93. The molecule has 0 unspecified atom stereocenters. The fraction of sp³-hybridized carbons (Fsp3) is 0.429. The number of carbonyl (C=O) groups excluding carboxylic acids is 2. The van der Waals surface area contributed by atoms with Crippen molar-refractivity contribution in [3.63, 3.8) is 0 Å². The van der Waals surface area contributed by atoms with E-state index in [1.54, 1.807) is 0 Å². The van der Waals surface area contributed by atoms with Crippen molar-refractivity contribution in [2.45, 2.75) is 32.1 Å². The Morgan fingerprint density at radius 1 is 1.08 bits per heavy atom. The van der Waals surface area contributed by atoms with Gasteiger partial charge in [0.25, 0.3) is 0 Å². The van der Waals surface area contributed by atoms with Crippen LogP contribution in [-0.2, 0) is 14.3 Å². The number of nitrogens with one attached hydrogen (secondary N) is 2. The Labute approximate surface area is 138 Å². The van der Waals surface area contributed by atoms with Crippen LogP contribution in [0.4, 0.5) is 32.0 Å². The first-order valence-corrected chi connectivity index (χ1v) is 6.96. The molecule has 0 aliphatic heterocycles. The van der Waals surface area contributed by atoms with Gasteiger partial charge in [0.2, 0.25) is 5.91 Å². The van der Waals surface area contributed by atoms with E-state index in [4.69, 9.17) is 0 Å². The SMILES string of the molecule is CCOC(=O)[C@](NC(=O)CC)(Nc1ccc(F)c(F)c1F)C(F)(F)F. The molecule has 0 heterocycles. The Hall–Kier alpha value is -2.46. The molecule has 2 N–H and O–H groups in total. The van der Waals surface area contributed by atoms with Gasteiger partial charge in [-0.25, -0.2) is 18.0 Å². The summed E-state index contributed by atoms with van der Waals surface area (Å²) >= 11 is 0. The van der Waals surface area contributed by atoms with Crippen LogP contribution in [0.3, 0.4) is 0 Å². The summed E-state index contributed by atoms with van der Waals surface area (Å²) in [7, 11) is 0. The molecule has 0 saturated heterocycles. The summed E-state index contributed by atoms with van der Waals surface area (Å²) in [6, 6.07) is 0.806. The lowest BCUT2D eigenvalue weighted by Gasteiger charge is -2.35. The fourth-order valence-electron chi connectivity index (χ4n) is 1.75. The molecular formula is C14H14F6N2O3. The van der Waals surface area contributed by atoms with E-state index >= 15 is 0 Å². The minimum absolute atomic E-state index is 0.356. The number of benzene rings is 1. The van der Waals surface area contributed by atoms with Gasteiger partial charge in [0, 0.05) is 6.42 Å². The molecule has 0 aromatic heterocycles. The maximum absolute atomic E-state index is 13.7. The van der Waals surface area contributed by atoms with Crippen molar-refractivity contribution < 1.29 is 40.7 Å². The maximum Gasteiger partial charge on any atom is 0.441 e. The smallest absolute Gasteiger partial charge is 0.441 e. The van der Waals surface area contributed by atoms with E-state index in [1.165, 1.54) is 24.5 Å². The molecular weight excluding hydrogens is 358 g/mol. The zero-order valence-electron chi connectivity index (χ0n) is 13.1. The van der Waals surface area contributed by atoms with Crippen LogP contribution in [-0.4, -0.2) is 30.3 Å². The van der Waals surface area contributed by atoms with E-state index in [1.807, 2.05) is 0 Å². The predicted molar refractivity (Wildman–Crippen MR) is 73.8 cm³/mol. The van der Waals surface area contributed by atoms with Gasteiger partial charge in [-0.05, 0) is 19.1 Å². The first-order chi connectivity index (χ1) is 11.5. The van der Waals surface area contributed by atoms with Gasteiger partial charge < -0.3 is 15.4 Å². The van der Waals surface area contributed by atoms with E-state index < -0.39 is 59.9 Å². The lowest BCUT2D eigenvalue weighted by molar-refractivity contribution is -0.207. The van der Waals surface area contributed by atoms with E-state index in [9.17, 15) is 35.9 Å². The van der Waals surface area contributed by atoms with Gasteiger partial charge in [-0.2, -0.15) is 13.2 Å². The van der Waals surface area contributed by atoms with Gasteiger partial charge >= 0.3 is 17.8 Å². The van der Waals surface area contributed by atoms with Crippen LogP contribution in [0.15, 0.2) is 12.1 Å². The highest BCUT2D eigenvalue weighted by atomic mass is 19.4. The number of carbonyl (C=O) groups is 2. The molecule has 11 heteroatoms. The van der Waals surface area contributed by atoms with Crippen molar-refractivity contribution in [1.82, 2.24) is 5.32 Å². The van der Waals surface area contributed by atoms with E-state index in [-0.39, 0.29) is 0 Å². The first kappa shape index (κ1) is 20.6. The molecule has 0 spiro atoms. The second-order valence-electron chi connectivity index (χ2n) is 4.72. The largest absolute Gasteiger partial charge is 0.463 e. The number of hydrogen-bond acceptors (Lipinski definition) is 4. The zero-order chi connectivity index (χ0) is 19.4. The molecule has 0 aliphatic carbocycles. The monoisotopic (exact) mass is 372 g/mol. The van der Waals surface area contributed by atoms with Crippen LogP contribution in [0.2, 0.25) is 0 Å². The second-order valence-corrected chi connectivity index (χ2v) is 4.72. The van der Waals surface area contributed by atoms with Crippen LogP contribution < -0.4 is 10.6 Å². The van der Waals surface area contributed by atoms with Gasteiger partial charge in [0.1, 0.15) is 0 Å². The highest BCUT2D eigenvalue weighted by Crippen LogP contribution is 2.34. The topological polar surface area (TPSA) is 67.4 Å². The molecule has 0 saturated carbocycles. The number of ether oxygens (including phenoxy) is 1. The molecule has 1 amide bonds. The van der Waals surface area contributed by atoms with Crippen LogP contribution in [0.1, 0.15) is 20.3 Å². The van der Waals surface area contributed by atoms with E-state index in [0.29, 0.717) is 12.1 Å². The Morgan fingerprint density at radius 2 is 1.68 bits per heavy atom. The van der Waals surface area contributed by atoms with Crippen molar-refractivity contribution in [2.75, 3.05) is 11.9 Å². The van der Waals surface area contributed by atoms with Crippen molar-refractivity contribution in [3.8, 4) is 0 Å². The van der Waals surface area contributed by atoms with Crippen molar-refractivity contribution >= 4 is 17.6 Å². The number of hydrogen-bond donors (Lipinski definition) is 2. The number of halogens is 6. The number of esters is 1. The van der Waals surface area contributed by atoms with Crippen molar-refractivity contribution in [1.29, 1.82) is 0 Å². The summed E-state index contributed by atoms with van der Waals surface area (Å²) in [5, 5.41) is 2.79. The Balaban J connectivity index is 3.51. The fourth-order valence-corrected chi connectivity index (χ4v) is 1.75. The quantitative estimate of drug-likeness (QED) is 0.349. The lowest BCUT2D eigenvalue weighted by atomic mass is 10.1. The number of alkyl halides is 3. The number of anilines is 1. The van der Waals surface area contributed by atoms with Gasteiger partial charge in [-0.3, -0.25) is 4.79 Å². The standard InChI is InChI=1S/C14H14F6N2O3/c1-3-9(23)22-13(14(18,19)20,12(24)25-4-2)21-8-6-5-7(15)10(16)11(8)17/h5-6,21H,3-4H2,1-2H3,(H,22,23)/t13-/m1/s1. The van der Waals surface area contributed by atoms with Crippen LogP contribution in [0.5, 0.6) is 0 Å². The highest BCUT2D eigenvalue weighted by molar-refractivity contribution is 5.91. The number of rotatable bonds is 6. The molecule has 0 aliphatic rings. The second kappa shape index (κ2) is 7.62. The molecule has 0 fully saturated rings. The van der Waals surface area contributed by atoms with Gasteiger partial charge in [-0.1, -0.05) is 6.92 Å². The van der Waals surface area contributed by atoms with E-state index in [2.05, 4.69) is 4.74 Å². The zero-order valence-corrected chi connectivity index (χ0v) is 13.1. The summed E-state index contributed by atoms with van der Waals surface area (Å²) in [5.74, 6) is -8.90. The van der Waals surface area contributed by atoms with E-state index in [0.717, 1.165) is 0 Å². The molecule has 5 nitrogen and oxygen atoms in total. The third-order valence-electron chi connectivity index (χ3n) is 3.01. The molecule has 1 rings (SSSR count). The summed E-state index contributed by atoms with van der Waals surface area (Å²) in [6.07, 6.45) is -5.94. The molecule has 140 valence electrons. The molecule has 1 aromatic carbocycles. The molecule has 1 aromatic rings. The van der Waals surface area contributed by atoms with Gasteiger partial charge in [0.15, 0.2) is 17.5 Å². The van der Waals surface area contributed by atoms with Crippen molar-refractivity contribution in [3.05, 3.63) is 29.6 Å². The summed E-state index contributed by atoms with van der Waals surface area (Å²) in [4.78, 5) is 23.4. The Bertz CT molecular complexity index is 665. The normalized spacial score (nSPS) is 13.8.